The van der Waals surface area contributed by atoms with Gasteiger partial charge in [0.15, 0.2) is 5.82 Å². The topological polar surface area (TPSA) is 147 Å². The molecular weight excluding hydrogens is 462 g/mol. The number of ether oxygens (including phenoxy) is 2. The first-order valence-corrected chi connectivity index (χ1v) is 11.9. The lowest BCUT2D eigenvalue weighted by atomic mass is 9.85. The summed E-state index contributed by atoms with van der Waals surface area (Å²) in [4.78, 5) is 21.7. The quantitative estimate of drug-likeness (QED) is 0.378. The van der Waals surface area contributed by atoms with Crippen LogP contribution in [0.25, 0.3) is 16.8 Å². The summed E-state index contributed by atoms with van der Waals surface area (Å²) in [5.41, 5.74) is 8.58. The second kappa shape index (κ2) is 10.3. The van der Waals surface area contributed by atoms with Crippen molar-refractivity contribution in [1.82, 2.24) is 39.7 Å². The summed E-state index contributed by atoms with van der Waals surface area (Å²) in [7, 11) is 3.24. The molecular formula is C24H29N9O3. The zero-order valence-electron chi connectivity index (χ0n) is 20.3. The van der Waals surface area contributed by atoms with Gasteiger partial charge in [-0.15, -0.1) is 10.2 Å². The molecule has 0 unspecified atom stereocenters. The van der Waals surface area contributed by atoms with Crippen molar-refractivity contribution in [2.45, 2.75) is 44.2 Å². The van der Waals surface area contributed by atoms with Crippen molar-refractivity contribution in [3.8, 4) is 17.1 Å². The predicted molar refractivity (Wildman–Crippen MR) is 132 cm³/mol. The molecule has 1 saturated carbocycles. The fraction of sp³-hybridized carbons (Fsp3) is 0.417. The van der Waals surface area contributed by atoms with Crippen molar-refractivity contribution < 1.29 is 14.3 Å². The van der Waals surface area contributed by atoms with Gasteiger partial charge in [-0.1, -0.05) is 0 Å². The number of amides is 1. The van der Waals surface area contributed by atoms with Crippen LogP contribution in [0.1, 0.15) is 47.8 Å². The van der Waals surface area contributed by atoms with E-state index in [2.05, 4.69) is 35.1 Å². The number of carbonyl (C=O) groups excluding carboxylic acids is 1. The Morgan fingerprint density at radius 1 is 1.19 bits per heavy atom. The van der Waals surface area contributed by atoms with Crippen LogP contribution in [-0.2, 0) is 11.3 Å². The maximum Gasteiger partial charge on any atom is 0.253 e. The van der Waals surface area contributed by atoms with Gasteiger partial charge in [0.05, 0.1) is 25.0 Å². The first-order chi connectivity index (χ1) is 17.6. The minimum absolute atomic E-state index is 0.0503. The molecule has 0 saturated heterocycles. The fourth-order valence-corrected chi connectivity index (χ4v) is 4.83. The molecule has 1 aliphatic carbocycles. The van der Waals surface area contributed by atoms with E-state index in [1.54, 1.807) is 43.4 Å². The summed E-state index contributed by atoms with van der Waals surface area (Å²) in [6, 6.07) is 5.45. The number of rotatable bonds is 8. The highest BCUT2D eigenvalue weighted by molar-refractivity contribution is 6.05. The molecule has 1 aliphatic rings. The van der Waals surface area contributed by atoms with Crippen molar-refractivity contribution in [3.63, 3.8) is 0 Å². The summed E-state index contributed by atoms with van der Waals surface area (Å²) in [5, 5.41) is 16.0. The zero-order valence-corrected chi connectivity index (χ0v) is 20.3. The highest BCUT2D eigenvalue weighted by atomic mass is 16.5. The predicted octanol–water partition coefficient (Wildman–Crippen LogP) is 2.08. The molecule has 0 bridgehead atoms. The van der Waals surface area contributed by atoms with E-state index in [4.69, 9.17) is 15.2 Å². The van der Waals surface area contributed by atoms with Gasteiger partial charge in [0.2, 0.25) is 5.88 Å². The molecule has 0 atom stereocenters. The molecule has 4 aromatic rings. The Balaban J connectivity index is 1.33. The van der Waals surface area contributed by atoms with E-state index in [0.717, 1.165) is 43.6 Å². The maximum absolute atomic E-state index is 13.4. The van der Waals surface area contributed by atoms with Crippen molar-refractivity contribution in [3.05, 3.63) is 48.4 Å². The van der Waals surface area contributed by atoms with Gasteiger partial charge in [-0.2, -0.15) is 5.10 Å². The van der Waals surface area contributed by atoms with Gasteiger partial charge < -0.3 is 25.1 Å². The average molecular weight is 492 g/mol. The molecule has 1 fully saturated rings. The second-order valence-corrected chi connectivity index (χ2v) is 8.83. The summed E-state index contributed by atoms with van der Waals surface area (Å²) in [6.07, 6.45) is 8.30. The van der Waals surface area contributed by atoms with Crippen LogP contribution >= 0.6 is 0 Å². The molecule has 36 heavy (non-hydrogen) atoms. The third-order valence-electron chi connectivity index (χ3n) is 6.68. The Hall–Kier alpha value is -4.06. The van der Waals surface area contributed by atoms with Crippen LogP contribution in [0.5, 0.6) is 5.88 Å². The molecule has 1 amide bonds. The number of hydrogen-bond acceptors (Lipinski definition) is 9. The van der Waals surface area contributed by atoms with Crippen molar-refractivity contribution >= 4 is 17.2 Å². The van der Waals surface area contributed by atoms with Crippen LogP contribution in [0.15, 0.2) is 37.1 Å². The van der Waals surface area contributed by atoms with E-state index >= 15 is 0 Å². The van der Waals surface area contributed by atoms with Crippen LogP contribution in [0.3, 0.4) is 0 Å². The summed E-state index contributed by atoms with van der Waals surface area (Å²) >= 11 is 0. The Morgan fingerprint density at radius 2 is 2.03 bits per heavy atom. The number of fused-ring (bicyclic) bond motifs is 1. The van der Waals surface area contributed by atoms with Gasteiger partial charge in [0, 0.05) is 43.4 Å². The van der Waals surface area contributed by atoms with E-state index in [1.165, 1.54) is 6.33 Å². The fourth-order valence-electron chi connectivity index (χ4n) is 4.83. The Bertz CT molecular complexity index is 1360. The normalized spacial score (nSPS) is 17.8. The molecule has 0 spiro atoms. The van der Waals surface area contributed by atoms with Crippen LogP contribution in [-0.4, -0.2) is 67.1 Å². The highest BCUT2D eigenvalue weighted by Crippen LogP contribution is 2.33. The van der Waals surface area contributed by atoms with Gasteiger partial charge in [-0.3, -0.25) is 4.79 Å². The molecule has 4 aromatic heterocycles. The third kappa shape index (κ3) is 4.59. The minimum Gasteiger partial charge on any atom is -0.481 e. The molecule has 12 nitrogen and oxygen atoms in total. The number of carbonyl (C=O) groups is 1. The highest BCUT2D eigenvalue weighted by Gasteiger charge is 2.28. The van der Waals surface area contributed by atoms with E-state index in [-0.39, 0.29) is 17.8 Å². The molecule has 188 valence electrons. The number of aromatic nitrogens is 7. The van der Waals surface area contributed by atoms with Crippen molar-refractivity contribution in [1.29, 1.82) is 0 Å². The molecule has 3 N–H and O–H groups in total. The van der Waals surface area contributed by atoms with Crippen LogP contribution < -0.4 is 15.8 Å². The van der Waals surface area contributed by atoms with Crippen molar-refractivity contribution in [2.24, 2.45) is 0 Å². The van der Waals surface area contributed by atoms with Crippen LogP contribution in [0.2, 0.25) is 0 Å². The number of nitrogens with one attached hydrogen (secondary N) is 1. The van der Waals surface area contributed by atoms with Gasteiger partial charge in [0.1, 0.15) is 24.0 Å². The summed E-state index contributed by atoms with van der Waals surface area (Å²) in [5.74, 6) is 1.79. The van der Waals surface area contributed by atoms with Crippen molar-refractivity contribution in [2.75, 3.05) is 26.6 Å². The summed E-state index contributed by atoms with van der Waals surface area (Å²) in [6.45, 7) is 1.34. The van der Waals surface area contributed by atoms with E-state index in [9.17, 15) is 4.79 Å². The molecule has 4 heterocycles. The lowest BCUT2D eigenvalue weighted by Gasteiger charge is -2.28. The van der Waals surface area contributed by atoms with E-state index in [0.29, 0.717) is 35.2 Å². The first kappa shape index (κ1) is 23.7. The molecule has 0 radical (unpaired) electrons. The van der Waals surface area contributed by atoms with E-state index < -0.39 is 0 Å². The molecule has 12 heteroatoms. The lowest BCUT2D eigenvalue weighted by molar-refractivity contribution is 0.0927. The zero-order chi connectivity index (χ0) is 25.1. The maximum atomic E-state index is 13.4. The van der Waals surface area contributed by atoms with Crippen LogP contribution in [0.4, 0.5) is 5.82 Å². The smallest absolute Gasteiger partial charge is 0.253 e. The van der Waals surface area contributed by atoms with Gasteiger partial charge in [-0.05, 0) is 37.8 Å². The Labute approximate surface area is 207 Å². The van der Waals surface area contributed by atoms with Gasteiger partial charge >= 0.3 is 0 Å². The third-order valence-corrected chi connectivity index (χ3v) is 6.68. The minimum atomic E-state index is -0.201. The average Bonchev–Trinajstić information content (AvgIpc) is 3.54. The number of methoxy groups -OCH3 is 2. The number of hydrogen-bond donors (Lipinski definition) is 2. The first-order valence-electron chi connectivity index (χ1n) is 11.9. The number of nitrogens with two attached hydrogens (primary N) is 1. The lowest BCUT2D eigenvalue weighted by Crippen LogP contribution is -2.37. The number of pyridine rings is 1. The van der Waals surface area contributed by atoms with Gasteiger partial charge in [0.25, 0.3) is 5.91 Å². The number of nitrogens with zero attached hydrogens (tertiary/aromatic N) is 7. The standard InChI is InChI=1S/C24H29N9O3/c1-35-10-9-32-14-28-31-23(32)15-3-5-17(6-4-15)30-24(34)18-12-19(16-7-8-26-20(11-16)36-2)33-21(18)22(25)27-13-29-33/h7-8,11-15,17H,3-6,9-10H2,1-2H3,(H,30,34)(H2,25,27,29)/t15-,17-. The largest absolute Gasteiger partial charge is 0.481 e. The monoisotopic (exact) mass is 491 g/mol. The number of anilines is 1. The van der Waals surface area contributed by atoms with Crippen LogP contribution in [0, 0.1) is 0 Å². The second-order valence-electron chi connectivity index (χ2n) is 8.83. The SMILES string of the molecule is COCCn1cnnc1[C@H]1CC[C@H](NC(=O)c2cc(-c3ccnc(OC)c3)n3ncnc(N)c23)CC1. The van der Waals surface area contributed by atoms with Gasteiger partial charge in [-0.25, -0.2) is 14.5 Å². The van der Waals surface area contributed by atoms with E-state index in [1.807, 2.05) is 6.07 Å². The molecule has 5 rings (SSSR count). The number of nitrogen functional groups attached to an aromatic ring is 1. The Kier molecular flexibility index (Phi) is 6.76. The summed E-state index contributed by atoms with van der Waals surface area (Å²) < 4.78 is 14.1. The molecule has 0 aromatic carbocycles. The Morgan fingerprint density at radius 3 is 2.81 bits per heavy atom. The molecule has 0 aliphatic heterocycles.